The smallest absolute Gasteiger partial charge is 0.303 e. The van der Waals surface area contributed by atoms with Crippen molar-refractivity contribution < 1.29 is 19.4 Å². The van der Waals surface area contributed by atoms with E-state index in [4.69, 9.17) is 4.74 Å². The van der Waals surface area contributed by atoms with Crippen molar-refractivity contribution in [2.45, 2.75) is 90.3 Å². The van der Waals surface area contributed by atoms with Gasteiger partial charge < -0.3 is 9.84 Å². The standard InChI is InChI=1S/C23H34O4/c1-4-10-23(26)13-20-19-7-5-15-12-16(25)6-8-17(15)18(19)9-11-22(20,3)21(23)27-14(2)24/h12,17-21,26H,4-11,13H2,1-3H3. The summed E-state index contributed by atoms with van der Waals surface area (Å²) in [5.74, 6) is 2.17. The van der Waals surface area contributed by atoms with Crippen LogP contribution in [0.15, 0.2) is 11.6 Å². The monoisotopic (exact) mass is 374 g/mol. The number of hydrogen-bond acceptors (Lipinski definition) is 4. The van der Waals surface area contributed by atoms with Crippen LogP contribution in [0, 0.1) is 29.1 Å². The van der Waals surface area contributed by atoms with Gasteiger partial charge in [0.05, 0.1) is 0 Å². The predicted octanol–water partition coefficient (Wildman–Crippen LogP) is 4.20. The van der Waals surface area contributed by atoms with Crippen LogP contribution in [0.5, 0.6) is 0 Å². The minimum absolute atomic E-state index is 0.136. The Kier molecular flexibility index (Phi) is 4.77. The molecule has 0 aromatic carbocycles. The zero-order valence-electron chi connectivity index (χ0n) is 17.0. The number of esters is 1. The molecule has 3 fully saturated rings. The molecule has 0 heterocycles. The summed E-state index contributed by atoms with van der Waals surface area (Å²) in [6.07, 6.45) is 9.82. The summed E-state index contributed by atoms with van der Waals surface area (Å²) in [5, 5.41) is 11.5. The van der Waals surface area contributed by atoms with E-state index in [2.05, 4.69) is 13.8 Å². The van der Waals surface area contributed by atoms with Gasteiger partial charge in [-0.15, -0.1) is 0 Å². The Morgan fingerprint density at radius 3 is 2.74 bits per heavy atom. The summed E-state index contributed by atoms with van der Waals surface area (Å²) in [5.41, 5.74) is 0.352. The molecule has 7 atom stereocenters. The van der Waals surface area contributed by atoms with Gasteiger partial charge in [-0.25, -0.2) is 0 Å². The highest BCUT2D eigenvalue weighted by molar-refractivity contribution is 5.91. The highest BCUT2D eigenvalue weighted by atomic mass is 16.6. The van der Waals surface area contributed by atoms with E-state index in [0.29, 0.717) is 42.3 Å². The molecule has 0 aromatic heterocycles. The SMILES string of the molecule is CCCC1(O)CC2C3CCC4=CC(=O)CCC4C3CCC2(C)C1OC(C)=O. The second kappa shape index (κ2) is 6.72. The number of hydrogen-bond donors (Lipinski definition) is 1. The highest BCUT2D eigenvalue weighted by Gasteiger charge is 2.65. The lowest BCUT2D eigenvalue weighted by Crippen LogP contribution is -2.51. The molecule has 0 radical (unpaired) electrons. The molecule has 27 heavy (non-hydrogen) atoms. The summed E-state index contributed by atoms with van der Waals surface area (Å²) in [4.78, 5) is 23.7. The molecule has 0 bridgehead atoms. The van der Waals surface area contributed by atoms with Crippen LogP contribution in [-0.4, -0.2) is 28.6 Å². The van der Waals surface area contributed by atoms with Gasteiger partial charge in [0, 0.05) is 18.8 Å². The van der Waals surface area contributed by atoms with Crippen LogP contribution in [0.2, 0.25) is 0 Å². The van der Waals surface area contributed by atoms with Crippen LogP contribution in [0.25, 0.3) is 0 Å². The average molecular weight is 375 g/mol. The van der Waals surface area contributed by atoms with Crippen molar-refractivity contribution in [2.75, 3.05) is 0 Å². The van der Waals surface area contributed by atoms with Gasteiger partial charge in [-0.2, -0.15) is 0 Å². The zero-order valence-corrected chi connectivity index (χ0v) is 17.0. The van der Waals surface area contributed by atoms with Crippen molar-refractivity contribution in [3.8, 4) is 0 Å². The molecule has 150 valence electrons. The number of carbonyl (C=O) groups excluding carboxylic acids is 2. The van der Waals surface area contributed by atoms with Crippen LogP contribution < -0.4 is 0 Å². The van der Waals surface area contributed by atoms with E-state index in [1.165, 1.54) is 12.5 Å². The Balaban J connectivity index is 1.65. The number of rotatable bonds is 3. The fourth-order valence-corrected chi connectivity index (χ4v) is 7.42. The molecule has 0 aromatic rings. The molecule has 4 rings (SSSR count). The largest absolute Gasteiger partial charge is 0.459 e. The highest BCUT2D eigenvalue weighted by Crippen LogP contribution is 2.65. The van der Waals surface area contributed by atoms with E-state index in [9.17, 15) is 14.7 Å². The zero-order chi connectivity index (χ0) is 19.4. The molecule has 0 amide bonds. The second-order valence-corrected chi connectivity index (χ2v) is 9.90. The molecule has 0 aliphatic heterocycles. The van der Waals surface area contributed by atoms with Crippen LogP contribution in [-0.2, 0) is 14.3 Å². The van der Waals surface area contributed by atoms with Gasteiger partial charge in [-0.05, 0) is 74.7 Å². The maximum Gasteiger partial charge on any atom is 0.303 e. The molecule has 4 nitrogen and oxygen atoms in total. The third-order valence-corrected chi connectivity index (χ3v) is 8.36. The van der Waals surface area contributed by atoms with Crippen molar-refractivity contribution in [3.63, 3.8) is 0 Å². The predicted molar refractivity (Wildman–Crippen MR) is 103 cm³/mol. The minimum atomic E-state index is -0.895. The lowest BCUT2D eigenvalue weighted by atomic mass is 9.52. The Hall–Kier alpha value is -1.16. The van der Waals surface area contributed by atoms with Gasteiger partial charge >= 0.3 is 5.97 Å². The van der Waals surface area contributed by atoms with E-state index in [0.717, 1.165) is 44.9 Å². The summed E-state index contributed by atoms with van der Waals surface area (Å²) < 4.78 is 5.81. The first-order chi connectivity index (χ1) is 12.8. The van der Waals surface area contributed by atoms with Crippen LogP contribution in [0.1, 0.15) is 78.6 Å². The maximum atomic E-state index is 11.9. The van der Waals surface area contributed by atoms with E-state index in [1.54, 1.807) is 0 Å². The maximum absolute atomic E-state index is 11.9. The Labute approximate surface area is 162 Å². The number of allylic oxidation sites excluding steroid dienone is 1. The number of aliphatic hydroxyl groups is 1. The Morgan fingerprint density at radius 2 is 2.04 bits per heavy atom. The molecule has 7 unspecified atom stereocenters. The molecule has 4 heteroatoms. The Bertz CT molecular complexity index is 667. The number of carbonyl (C=O) groups is 2. The lowest BCUT2D eigenvalue weighted by Gasteiger charge is -2.53. The first-order valence-electron chi connectivity index (χ1n) is 10.9. The average Bonchev–Trinajstić information content (AvgIpc) is 2.82. The summed E-state index contributed by atoms with van der Waals surface area (Å²) in [7, 11) is 0. The summed E-state index contributed by atoms with van der Waals surface area (Å²) in [6, 6.07) is 0. The van der Waals surface area contributed by atoms with Gasteiger partial charge in [0.1, 0.15) is 11.7 Å². The Morgan fingerprint density at radius 1 is 1.26 bits per heavy atom. The molecule has 1 N–H and O–H groups in total. The van der Waals surface area contributed by atoms with Crippen molar-refractivity contribution in [3.05, 3.63) is 11.6 Å². The van der Waals surface area contributed by atoms with E-state index in [-0.39, 0.29) is 11.4 Å². The number of ether oxygens (including phenoxy) is 1. The third kappa shape index (κ3) is 2.99. The van der Waals surface area contributed by atoms with E-state index in [1.807, 2.05) is 6.08 Å². The van der Waals surface area contributed by atoms with Gasteiger partial charge in [0.15, 0.2) is 5.78 Å². The number of fused-ring (bicyclic) bond motifs is 5. The van der Waals surface area contributed by atoms with Crippen molar-refractivity contribution >= 4 is 11.8 Å². The minimum Gasteiger partial charge on any atom is -0.459 e. The first-order valence-corrected chi connectivity index (χ1v) is 10.9. The van der Waals surface area contributed by atoms with Crippen LogP contribution in [0.4, 0.5) is 0 Å². The molecular formula is C23H34O4. The van der Waals surface area contributed by atoms with Gasteiger partial charge in [0.2, 0.25) is 0 Å². The fourth-order valence-electron chi connectivity index (χ4n) is 7.42. The van der Waals surface area contributed by atoms with E-state index < -0.39 is 11.7 Å². The summed E-state index contributed by atoms with van der Waals surface area (Å²) in [6.45, 7) is 5.81. The van der Waals surface area contributed by atoms with Gasteiger partial charge in [-0.1, -0.05) is 25.8 Å². The van der Waals surface area contributed by atoms with Crippen LogP contribution >= 0.6 is 0 Å². The molecule has 4 aliphatic rings. The van der Waals surface area contributed by atoms with Gasteiger partial charge in [0.25, 0.3) is 0 Å². The molecule has 0 saturated heterocycles. The molecule has 3 saturated carbocycles. The molecule has 4 aliphatic carbocycles. The van der Waals surface area contributed by atoms with Crippen molar-refractivity contribution in [1.29, 1.82) is 0 Å². The van der Waals surface area contributed by atoms with Crippen molar-refractivity contribution in [2.24, 2.45) is 29.1 Å². The van der Waals surface area contributed by atoms with Gasteiger partial charge in [-0.3, -0.25) is 9.59 Å². The lowest BCUT2D eigenvalue weighted by molar-refractivity contribution is -0.174. The first kappa shape index (κ1) is 19.2. The topological polar surface area (TPSA) is 63.6 Å². The third-order valence-electron chi connectivity index (χ3n) is 8.36. The quantitative estimate of drug-likeness (QED) is 0.752. The summed E-state index contributed by atoms with van der Waals surface area (Å²) >= 11 is 0. The second-order valence-electron chi connectivity index (χ2n) is 9.90. The fraction of sp³-hybridized carbons (Fsp3) is 0.826. The van der Waals surface area contributed by atoms with Crippen LogP contribution in [0.3, 0.4) is 0 Å². The number of ketones is 1. The molecule has 0 spiro atoms. The van der Waals surface area contributed by atoms with E-state index >= 15 is 0 Å². The normalized spacial score (nSPS) is 46.1. The van der Waals surface area contributed by atoms with Crippen molar-refractivity contribution in [1.82, 2.24) is 0 Å². The molecular weight excluding hydrogens is 340 g/mol.